The monoisotopic (exact) mass is 430 g/mol. The highest BCUT2D eigenvalue weighted by Crippen LogP contribution is 2.60. The molecule has 4 bridgehead atoms. The van der Waals surface area contributed by atoms with Crippen molar-refractivity contribution in [3.8, 4) is 10.8 Å². The lowest BCUT2D eigenvalue weighted by atomic mass is 9.48. The zero-order valence-electron chi connectivity index (χ0n) is 17.0. The average molecular weight is 431 g/mol. The maximum absolute atomic E-state index is 13.2. The van der Waals surface area contributed by atoms with E-state index < -0.39 is 17.8 Å². The highest BCUT2D eigenvalue weighted by Gasteiger charge is 2.55. The van der Waals surface area contributed by atoms with Crippen LogP contribution in [-0.4, -0.2) is 27.6 Å². The molecule has 0 aromatic carbocycles. The van der Waals surface area contributed by atoms with Crippen molar-refractivity contribution in [2.24, 2.45) is 23.2 Å². The molecule has 2 heterocycles. The number of ether oxygens (including phenoxy) is 1. The van der Waals surface area contributed by atoms with Crippen LogP contribution >= 0.6 is 11.3 Å². The van der Waals surface area contributed by atoms with Gasteiger partial charge in [0.15, 0.2) is 11.9 Å². The predicted molar refractivity (Wildman–Crippen MR) is 110 cm³/mol. The van der Waals surface area contributed by atoms with Crippen LogP contribution < -0.4 is 5.76 Å². The summed E-state index contributed by atoms with van der Waals surface area (Å²) in [7, 11) is 0. The van der Waals surface area contributed by atoms with E-state index in [0.29, 0.717) is 17.8 Å². The SMILES string of the molecule is CC(OC(=O)CCn1nc(-c2cccs2)oc1=O)C(=O)C12CC3CC(CC(C3)C1)C2. The molecule has 160 valence electrons. The van der Waals surface area contributed by atoms with Gasteiger partial charge in [-0.1, -0.05) is 6.07 Å². The van der Waals surface area contributed by atoms with Gasteiger partial charge in [-0.2, -0.15) is 4.68 Å². The van der Waals surface area contributed by atoms with Gasteiger partial charge in [-0.25, -0.2) is 4.79 Å². The van der Waals surface area contributed by atoms with Crippen molar-refractivity contribution in [1.29, 1.82) is 0 Å². The summed E-state index contributed by atoms with van der Waals surface area (Å²) in [5.74, 6) is 1.23. The Morgan fingerprint density at radius 1 is 1.27 bits per heavy atom. The molecule has 4 aliphatic rings. The Bertz CT molecular complexity index is 970. The molecule has 1 atom stereocenters. The summed E-state index contributed by atoms with van der Waals surface area (Å²) in [5.41, 5.74) is -0.285. The minimum Gasteiger partial charge on any atom is -0.455 e. The molecule has 4 saturated carbocycles. The third-order valence-electron chi connectivity index (χ3n) is 7.10. The highest BCUT2D eigenvalue weighted by atomic mass is 32.1. The van der Waals surface area contributed by atoms with Gasteiger partial charge in [-0.3, -0.25) is 9.59 Å². The van der Waals surface area contributed by atoms with Crippen LogP contribution in [0, 0.1) is 23.2 Å². The predicted octanol–water partition coefficient (Wildman–Crippen LogP) is 3.67. The molecule has 0 aliphatic heterocycles. The van der Waals surface area contributed by atoms with Crippen LogP contribution in [0.15, 0.2) is 26.7 Å². The fraction of sp³-hybridized carbons (Fsp3) is 0.636. The normalized spacial score (nSPS) is 30.4. The van der Waals surface area contributed by atoms with Crippen molar-refractivity contribution in [2.45, 2.75) is 64.5 Å². The number of esters is 1. The zero-order valence-corrected chi connectivity index (χ0v) is 17.9. The van der Waals surface area contributed by atoms with Gasteiger partial charge in [0.2, 0.25) is 0 Å². The summed E-state index contributed by atoms with van der Waals surface area (Å²) < 4.78 is 11.8. The topological polar surface area (TPSA) is 91.4 Å². The first-order chi connectivity index (χ1) is 14.4. The molecule has 0 radical (unpaired) electrons. The second-order valence-corrected chi connectivity index (χ2v) is 10.3. The number of nitrogens with zero attached hydrogens (tertiary/aromatic N) is 2. The molecular formula is C22H26N2O5S. The lowest BCUT2D eigenvalue weighted by Gasteiger charge is -2.56. The molecular weight excluding hydrogens is 404 g/mol. The Balaban J connectivity index is 1.18. The third kappa shape index (κ3) is 3.55. The Labute approximate surface area is 178 Å². The van der Waals surface area contributed by atoms with Gasteiger partial charge in [0, 0.05) is 5.41 Å². The van der Waals surface area contributed by atoms with Crippen LogP contribution in [0.1, 0.15) is 51.9 Å². The van der Waals surface area contributed by atoms with E-state index in [-0.39, 0.29) is 30.1 Å². The molecule has 30 heavy (non-hydrogen) atoms. The number of aryl methyl sites for hydroxylation is 1. The standard InChI is InChI=1S/C22H26N2O5S/c1-13(19(26)22-10-14-7-15(11-22)9-16(8-14)12-22)28-18(25)4-5-24-21(27)29-20(23-24)17-3-2-6-30-17/h2-3,6,13-16H,4-5,7-12H2,1H3. The molecule has 0 spiro atoms. The second kappa shape index (κ2) is 7.48. The Morgan fingerprint density at radius 3 is 2.53 bits per heavy atom. The molecule has 0 N–H and O–H groups in total. The summed E-state index contributed by atoms with van der Waals surface area (Å²) in [4.78, 5) is 38.3. The van der Waals surface area contributed by atoms with E-state index in [1.54, 1.807) is 6.92 Å². The summed E-state index contributed by atoms with van der Waals surface area (Å²) in [6.45, 7) is 1.75. The minimum atomic E-state index is -0.746. The number of carbonyl (C=O) groups excluding carboxylic acids is 2. The van der Waals surface area contributed by atoms with Gasteiger partial charge >= 0.3 is 11.7 Å². The molecule has 2 aromatic rings. The van der Waals surface area contributed by atoms with Gasteiger partial charge in [0.25, 0.3) is 5.89 Å². The summed E-state index contributed by atoms with van der Waals surface area (Å²) in [6, 6.07) is 3.66. The molecule has 4 fully saturated rings. The largest absolute Gasteiger partial charge is 0.455 e. The van der Waals surface area contributed by atoms with Crippen LogP contribution in [0.2, 0.25) is 0 Å². The van der Waals surface area contributed by atoms with E-state index in [0.717, 1.165) is 28.8 Å². The van der Waals surface area contributed by atoms with Crippen LogP contribution in [-0.2, 0) is 20.9 Å². The summed E-state index contributed by atoms with van der Waals surface area (Å²) in [6.07, 6.45) is 5.89. The fourth-order valence-electron chi connectivity index (χ4n) is 6.30. The van der Waals surface area contributed by atoms with Crippen molar-refractivity contribution in [2.75, 3.05) is 0 Å². The second-order valence-electron chi connectivity index (χ2n) is 9.32. The molecule has 6 rings (SSSR count). The number of aromatic nitrogens is 2. The van der Waals surface area contributed by atoms with Crippen molar-refractivity contribution in [3.05, 3.63) is 28.1 Å². The van der Waals surface area contributed by atoms with Gasteiger partial charge in [-0.15, -0.1) is 16.4 Å². The van der Waals surface area contributed by atoms with Gasteiger partial charge in [-0.05, 0) is 74.6 Å². The van der Waals surface area contributed by atoms with Crippen LogP contribution in [0.4, 0.5) is 0 Å². The van der Waals surface area contributed by atoms with E-state index in [9.17, 15) is 14.4 Å². The van der Waals surface area contributed by atoms with Gasteiger partial charge in [0.05, 0.1) is 17.8 Å². The Kier molecular flexibility index (Phi) is 4.92. The maximum atomic E-state index is 13.2. The van der Waals surface area contributed by atoms with Crippen molar-refractivity contribution in [1.82, 2.24) is 9.78 Å². The highest BCUT2D eigenvalue weighted by molar-refractivity contribution is 7.13. The third-order valence-corrected chi connectivity index (χ3v) is 7.96. The number of thiophene rings is 1. The molecule has 1 unspecified atom stereocenters. The lowest BCUT2D eigenvalue weighted by molar-refractivity contribution is -0.165. The van der Waals surface area contributed by atoms with E-state index in [1.165, 1.54) is 30.6 Å². The van der Waals surface area contributed by atoms with Crippen LogP contribution in [0.25, 0.3) is 10.8 Å². The van der Waals surface area contributed by atoms with Crippen LogP contribution in [0.3, 0.4) is 0 Å². The summed E-state index contributed by atoms with van der Waals surface area (Å²) >= 11 is 1.42. The number of hydrogen-bond donors (Lipinski definition) is 0. The van der Waals surface area contributed by atoms with Gasteiger partial charge in [0.1, 0.15) is 0 Å². The van der Waals surface area contributed by atoms with Crippen LogP contribution in [0.5, 0.6) is 0 Å². The average Bonchev–Trinajstić information content (AvgIpc) is 3.34. The lowest BCUT2D eigenvalue weighted by Crippen LogP contribution is -2.52. The van der Waals surface area contributed by atoms with Crippen molar-refractivity contribution in [3.63, 3.8) is 0 Å². The minimum absolute atomic E-state index is 0.0329. The van der Waals surface area contributed by atoms with Gasteiger partial charge < -0.3 is 9.15 Å². The van der Waals surface area contributed by atoms with Crippen molar-refractivity contribution < 1.29 is 18.7 Å². The first-order valence-electron chi connectivity index (χ1n) is 10.8. The number of rotatable bonds is 7. The first-order valence-corrected chi connectivity index (χ1v) is 11.7. The first kappa shape index (κ1) is 19.7. The molecule has 0 saturated heterocycles. The summed E-state index contributed by atoms with van der Waals surface area (Å²) in [5, 5.41) is 6.01. The molecule has 0 amide bonds. The number of carbonyl (C=O) groups is 2. The zero-order chi connectivity index (χ0) is 20.9. The number of hydrogen-bond acceptors (Lipinski definition) is 7. The number of ketones is 1. The fourth-order valence-corrected chi connectivity index (χ4v) is 6.94. The van der Waals surface area contributed by atoms with E-state index in [1.807, 2.05) is 17.5 Å². The molecule has 7 nitrogen and oxygen atoms in total. The molecule has 2 aromatic heterocycles. The Morgan fingerprint density at radius 2 is 1.93 bits per heavy atom. The smallest absolute Gasteiger partial charge is 0.437 e. The molecule has 8 heteroatoms. The molecule has 4 aliphatic carbocycles. The quantitative estimate of drug-likeness (QED) is 0.623. The Hall–Kier alpha value is -2.22. The van der Waals surface area contributed by atoms with E-state index >= 15 is 0 Å². The maximum Gasteiger partial charge on any atom is 0.437 e. The van der Waals surface area contributed by atoms with E-state index in [4.69, 9.17) is 9.15 Å². The van der Waals surface area contributed by atoms with E-state index in [2.05, 4.69) is 5.10 Å². The van der Waals surface area contributed by atoms with Crippen molar-refractivity contribution >= 4 is 23.1 Å². The number of Topliss-reactive ketones (excluding diaryl/α,β-unsaturated/α-hetero) is 1.